The number of nitrogens with zero attached hydrogens (tertiary/aromatic N) is 3. The number of fused-ring (bicyclic) bond motifs is 3. The summed E-state index contributed by atoms with van der Waals surface area (Å²) in [5.74, 6) is 0. The van der Waals surface area contributed by atoms with Crippen LogP contribution in [0, 0.1) is 0 Å². The molecular weight excluding hydrogens is 400 g/mol. The van der Waals surface area contributed by atoms with Crippen molar-refractivity contribution in [2.75, 3.05) is 5.32 Å². The molecule has 1 atom stereocenters. The standard InChI is InChI=1S/C26H22N4O2/c31-25-22-11-2-1-10-20(22)21-12-7-13-23(24(21)25)29-26(32)30(16-18-8-3-5-14-27-18)17-19-9-4-6-15-28-19/h1-15,25,31H,16-17H2,(H,29,32). The molecule has 0 spiro atoms. The van der Waals surface area contributed by atoms with E-state index in [0.717, 1.165) is 33.6 Å². The number of pyridine rings is 2. The average Bonchev–Trinajstić information content (AvgIpc) is 3.13. The smallest absolute Gasteiger partial charge is 0.322 e. The van der Waals surface area contributed by atoms with E-state index < -0.39 is 6.10 Å². The highest BCUT2D eigenvalue weighted by Gasteiger charge is 2.30. The number of amides is 2. The minimum absolute atomic E-state index is 0.280. The van der Waals surface area contributed by atoms with Crippen molar-refractivity contribution in [2.45, 2.75) is 19.2 Å². The van der Waals surface area contributed by atoms with Crippen LogP contribution < -0.4 is 5.32 Å². The van der Waals surface area contributed by atoms with E-state index in [9.17, 15) is 9.90 Å². The zero-order chi connectivity index (χ0) is 21.9. The van der Waals surface area contributed by atoms with Gasteiger partial charge in [0.2, 0.25) is 0 Å². The zero-order valence-corrected chi connectivity index (χ0v) is 17.3. The number of aromatic nitrogens is 2. The molecule has 0 aliphatic heterocycles. The molecule has 0 fully saturated rings. The molecule has 2 heterocycles. The molecule has 0 bridgehead atoms. The van der Waals surface area contributed by atoms with Gasteiger partial charge in [0.25, 0.3) is 0 Å². The predicted octanol–water partition coefficient (Wildman–Crippen LogP) is 4.77. The fraction of sp³-hybridized carbons (Fsp3) is 0.115. The van der Waals surface area contributed by atoms with Crippen LogP contribution >= 0.6 is 0 Å². The predicted molar refractivity (Wildman–Crippen MR) is 123 cm³/mol. The Labute approximate surface area is 186 Å². The summed E-state index contributed by atoms with van der Waals surface area (Å²) >= 11 is 0. The van der Waals surface area contributed by atoms with Gasteiger partial charge in [0, 0.05) is 23.6 Å². The lowest BCUT2D eigenvalue weighted by Gasteiger charge is -2.24. The molecular formula is C26H22N4O2. The number of nitrogens with one attached hydrogen (secondary N) is 1. The van der Waals surface area contributed by atoms with Gasteiger partial charge in [0.05, 0.1) is 24.5 Å². The van der Waals surface area contributed by atoms with Crippen LogP contribution in [0.5, 0.6) is 0 Å². The van der Waals surface area contributed by atoms with Crippen LogP contribution in [0.1, 0.15) is 28.6 Å². The first-order chi connectivity index (χ1) is 15.7. The van der Waals surface area contributed by atoms with E-state index in [1.807, 2.05) is 78.9 Å². The van der Waals surface area contributed by atoms with E-state index in [1.165, 1.54) is 0 Å². The third-order valence-corrected chi connectivity index (χ3v) is 5.61. The largest absolute Gasteiger partial charge is 0.384 e. The summed E-state index contributed by atoms with van der Waals surface area (Å²) < 4.78 is 0. The normalized spacial score (nSPS) is 13.8. The fourth-order valence-electron chi connectivity index (χ4n) is 4.11. The number of hydrogen-bond acceptors (Lipinski definition) is 4. The lowest BCUT2D eigenvalue weighted by molar-refractivity contribution is 0.204. The highest BCUT2D eigenvalue weighted by molar-refractivity contribution is 5.93. The molecule has 6 heteroatoms. The van der Waals surface area contributed by atoms with Gasteiger partial charge in [-0.05, 0) is 47.0 Å². The number of carbonyl (C=O) groups is 1. The third-order valence-electron chi connectivity index (χ3n) is 5.61. The maximum atomic E-state index is 13.4. The lowest BCUT2D eigenvalue weighted by Crippen LogP contribution is -2.34. The minimum Gasteiger partial charge on any atom is -0.384 e. The third kappa shape index (κ3) is 3.84. The monoisotopic (exact) mass is 422 g/mol. The first kappa shape index (κ1) is 19.9. The molecule has 2 aromatic heterocycles. The number of carbonyl (C=O) groups excluding carboxylic acids is 1. The van der Waals surface area contributed by atoms with E-state index in [1.54, 1.807) is 17.3 Å². The van der Waals surface area contributed by atoms with Crippen molar-refractivity contribution in [1.82, 2.24) is 14.9 Å². The maximum Gasteiger partial charge on any atom is 0.322 e. The van der Waals surface area contributed by atoms with Gasteiger partial charge in [0.1, 0.15) is 6.10 Å². The summed E-state index contributed by atoms with van der Waals surface area (Å²) in [6.45, 7) is 0.669. The number of rotatable bonds is 5. The van der Waals surface area contributed by atoms with Crippen LogP contribution in [0.3, 0.4) is 0 Å². The number of aliphatic hydroxyl groups excluding tert-OH is 1. The Morgan fingerprint density at radius 1 is 0.812 bits per heavy atom. The SMILES string of the molecule is O=C(Nc1cccc2c1C(O)c1ccccc1-2)N(Cc1ccccn1)Cc1ccccn1. The summed E-state index contributed by atoms with van der Waals surface area (Å²) in [7, 11) is 0. The quantitative estimate of drug-likeness (QED) is 0.486. The lowest BCUT2D eigenvalue weighted by atomic mass is 10.0. The Morgan fingerprint density at radius 2 is 1.44 bits per heavy atom. The van der Waals surface area contributed by atoms with Gasteiger partial charge in [0.15, 0.2) is 0 Å². The van der Waals surface area contributed by atoms with Crippen molar-refractivity contribution in [1.29, 1.82) is 0 Å². The highest BCUT2D eigenvalue weighted by Crippen LogP contribution is 2.46. The number of urea groups is 1. The van der Waals surface area contributed by atoms with Crippen molar-refractivity contribution in [3.05, 3.63) is 114 Å². The molecule has 0 radical (unpaired) electrons. The number of aliphatic hydroxyl groups is 1. The number of anilines is 1. The van der Waals surface area contributed by atoms with Crippen LogP contribution in [0.15, 0.2) is 91.3 Å². The molecule has 32 heavy (non-hydrogen) atoms. The van der Waals surface area contributed by atoms with E-state index >= 15 is 0 Å². The van der Waals surface area contributed by atoms with Crippen LogP contribution in [0.25, 0.3) is 11.1 Å². The average molecular weight is 422 g/mol. The Hall–Kier alpha value is -4.03. The molecule has 158 valence electrons. The van der Waals surface area contributed by atoms with Crippen molar-refractivity contribution >= 4 is 11.7 Å². The first-order valence-electron chi connectivity index (χ1n) is 10.5. The molecule has 1 aliphatic rings. The molecule has 5 rings (SSSR count). The van der Waals surface area contributed by atoms with Crippen LogP contribution in [0.2, 0.25) is 0 Å². The molecule has 6 nitrogen and oxygen atoms in total. The topological polar surface area (TPSA) is 78.4 Å². The number of hydrogen-bond donors (Lipinski definition) is 2. The molecule has 2 aromatic carbocycles. The molecule has 2 N–H and O–H groups in total. The van der Waals surface area contributed by atoms with E-state index in [4.69, 9.17) is 0 Å². The molecule has 1 aliphatic carbocycles. The van der Waals surface area contributed by atoms with Gasteiger partial charge in [-0.2, -0.15) is 0 Å². The van der Waals surface area contributed by atoms with E-state index in [0.29, 0.717) is 18.8 Å². The van der Waals surface area contributed by atoms with E-state index in [2.05, 4.69) is 15.3 Å². The zero-order valence-electron chi connectivity index (χ0n) is 17.3. The Balaban J connectivity index is 1.44. The van der Waals surface area contributed by atoms with Gasteiger partial charge in [-0.15, -0.1) is 0 Å². The molecule has 1 unspecified atom stereocenters. The van der Waals surface area contributed by atoms with Crippen LogP contribution in [-0.4, -0.2) is 26.0 Å². The van der Waals surface area contributed by atoms with Gasteiger partial charge < -0.3 is 15.3 Å². The number of benzene rings is 2. The summed E-state index contributed by atoms with van der Waals surface area (Å²) in [5.41, 5.74) is 5.66. The second-order valence-electron chi connectivity index (χ2n) is 7.68. The Morgan fingerprint density at radius 3 is 2.09 bits per heavy atom. The van der Waals surface area contributed by atoms with Crippen molar-refractivity contribution in [3.8, 4) is 11.1 Å². The van der Waals surface area contributed by atoms with Gasteiger partial charge in [-0.25, -0.2) is 4.79 Å². The second kappa shape index (κ2) is 8.61. The second-order valence-corrected chi connectivity index (χ2v) is 7.68. The summed E-state index contributed by atoms with van der Waals surface area (Å²) in [6, 6.07) is 24.4. The Kier molecular flexibility index (Phi) is 5.35. The molecule has 4 aromatic rings. The van der Waals surface area contributed by atoms with Gasteiger partial charge >= 0.3 is 6.03 Å². The highest BCUT2D eigenvalue weighted by atomic mass is 16.3. The summed E-state index contributed by atoms with van der Waals surface area (Å²) in [4.78, 5) is 23.8. The Bertz CT molecular complexity index is 1200. The van der Waals surface area contributed by atoms with Crippen molar-refractivity contribution in [3.63, 3.8) is 0 Å². The minimum atomic E-state index is -0.780. The summed E-state index contributed by atoms with van der Waals surface area (Å²) in [6.07, 6.45) is 2.64. The molecule has 0 saturated carbocycles. The molecule has 2 amide bonds. The van der Waals surface area contributed by atoms with Crippen LogP contribution in [0.4, 0.5) is 10.5 Å². The van der Waals surface area contributed by atoms with Crippen LogP contribution in [-0.2, 0) is 13.1 Å². The van der Waals surface area contributed by atoms with Crippen molar-refractivity contribution < 1.29 is 9.90 Å². The fourth-order valence-corrected chi connectivity index (χ4v) is 4.11. The van der Waals surface area contributed by atoms with Crippen molar-refractivity contribution in [2.24, 2.45) is 0 Å². The van der Waals surface area contributed by atoms with Gasteiger partial charge in [-0.1, -0.05) is 48.5 Å². The maximum absolute atomic E-state index is 13.4. The van der Waals surface area contributed by atoms with Gasteiger partial charge in [-0.3, -0.25) is 9.97 Å². The summed E-state index contributed by atoms with van der Waals surface area (Å²) in [5, 5.41) is 14.0. The first-order valence-corrected chi connectivity index (χ1v) is 10.5. The van der Waals surface area contributed by atoms with E-state index in [-0.39, 0.29) is 6.03 Å². The molecule has 0 saturated heterocycles.